The molecule has 4 aliphatic rings. The molecule has 0 radical (unpaired) electrons. The van der Waals surface area contributed by atoms with Gasteiger partial charge in [-0.2, -0.15) is 0 Å². The number of fused-ring (bicyclic) bond motifs is 14. The van der Waals surface area contributed by atoms with Crippen LogP contribution in [0.1, 0.15) is 83.8 Å². The van der Waals surface area contributed by atoms with Gasteiger partial charge in [0.15, 0.2) is 11.5 Å². The van der Waals surface area contributed by atoms with E-state index in [0.717, 1.165) is 21.0 Å². The first-order valence-corrected chi connectivity index (χ1v) is 18.7. The van der Waals surface area contributed by atoms with Crippen LogP contribution in [0.25, 0.3) is 5.57 Å². The average Bonchev–Trinajstić information content (AvgIpc) is 3.16. The van der Waals surface area contributed by atoms with Crippen molar-refractivity contribution in [3.05, 3.63) is 69.2 Å². The van der Waals surface area contributed by atoms with Gasteiger partial charge in [0.05, 0.1) is 42.2 Å². The largest absolute Gasteiger partial charge is 0.505 e. The lowest BCUT2D eigenvalue weighted by Crippen LogP contribution is -2.53. The zero-order valence-electron chi connectivity index (χ0n) is 34.5. The Kier molecular flexibility index (Phi) is 13.8. The number of hydrogen-bond acceptors (Lipinski definition) is 15. The fourth-order valence-electron chi connectivity index (χ4n) is 7.67. The Morgan fingerprint density at radius 2 is 1.50 bits per heavy atom. The number of benzene rings is 1. The number of ether oxygens (including phenoxy) is 5. The summed E-state index contributed by atoms with van der Waals surface area (Å²) in [5.74, 6) is -9.54. The van der Waals surface area contributed by atoms with Crippen molar-refractivity contribution in [2.24, 2.45) is 23.7 Å². The number of aliphatic hydroxyl groups excluding tert-OH is 3. The van der Waals surface area contributed by atoms with Crippen LogP contribution >= 0.6 is 0 Å². The van der Waals surface area contributed by atoms with Crippen molar-refractivity contribution in [3.63, 3.8) is 0 Å². The van der Waals surface area contributed by atoms with Crippen molar-refractivity contribution in [2.45, 2.75) is 99.3 Å². The minimum absolute atomic E-state index is 0.00899. The summed E-state index contributed by atoms with van der Waals surface area (Å²) >= 11 is 0. The van der Waals surface area contributed by atoms with E-state index in [4.69, 9.17) is 23.7 Å². The van der Waals surface area contributed by atoms with Gasteiger partial charge in [-0.05, 0) is 46.3 Å². The summed E-state index contributed by atoms with van der Waals surface area (Å²) in [5.41, 5.74) is -2.47. The number of aliphatic hydroxyl groups is 4. The number of ketones is 1. The molecular weight excluding hydrogens is 758 g/mol. The van der Waals surface area contributed by atoms with Gasteiger partial charge in [0.2, 0.25) is 6.79 Å². The molecule has 16 heteroatoms. The molecular formula is C42H53NO15. The van der Waals surface area contributed by atoms with Crippen molar-refractivity contribution in [1.29, 1.82) is 0 Å². The molecule has 1 aliphatic carbocycles. The van der Waals surface area contributed by atoms with Crippen LogP contribution in [-0.4, -0.2) is 99.1 Å². The predicted molar refractivity (Wildman–Crippen MR) is 208 cm³/mol. The van der Waals surface area contributed by atoms with Gasteiger partial charge < -0.3 is 54.5 Å². The van der Waals surface area contributed by atoms with Crippen molar-refractivity contribution in [1.82, 2.24) is 0 Å². The Balaban J connectivity index is 2.08. The number of nitrogens with one attached hydrogen (secondary N) is 1. The maximum Gasteiger partial charge on any atom is 0.313 e. The van der Waals surface area contributed by atoms with E-state index in [1.165, 1.54) is 66.7 Å². The molecule has 5 rings (SSSR count). The Labute approximate surface area is 336 Å². The number of phenolic OH excluding ortho intramolecular Hbond substituents is 1. The smallest absolute Gasteiger partial charge is 0.313 e. The normalized spacial score (nSPS) is 30.6. The Bertz CT molecular complexity index is 2040. The van der Waals surface area contributed by atoms with E-state index in [1.54, 1.807) is 13.0 Å². The first kappa shape index (κ1) is 45.4. The molecule has 16 nitrogen and oxygen atoms in total. The SMILES string of the molecule is COC(=O)C1C(O)C(C)C(OC(C)=O)C(C)C=C/C=C(\C)C(=O)Nc2c(C)c(OC(C)=O)c3c(c2O)C(=O)C(C)=C2OCOC(=C23)C(C)=CC(C)(O)C(O)C(C)C1O. The molecule has 9 unspecified atom stereocenters. The fraction of sp³-hybridized carbons (Fsp3) is 0.500. The van der Waals surface area contributed by atoms with E-state index in [0.29, 0.717) is 0 Å². The number of methoxy groups -OCH3 is 1. The Morgan fingerprint density at radius 1 is 0.897 bits per heavy atom. The number of carbonyl (C=O) groups is 5. The molecule has 0 spiro atoms. The van der Waals surface area contributed by atoms with Crippen LogP contribution in [0.15, 0.2) is 52.5 Å². The highest BCUT2D eigenvalue weighted by Gasteiger charge is 2.48. The summed E-state index contributed by atoms with van der Waals surface area (Å²) in [6.07, 6.45) is -0.755. The summed E-state index contributed by atoms with van der Waals surface area (Å²) in [4.78, 5) is 65.7. The van der Waals surface area contributed by atoms with E-state index in [-0.39, 0.29) is 61.9 Å². The number of rotatable bonds is 3. The Hall–Kier alpha value is -5.29. The molecule has 9 atom stereocenters. The van der Waals surface area contributed by atoms with Gasteiger partial charge in [0.25, 0.3) is 5.91 Å². The molecule has 3 heterocycles. The van der Waals surface area contributed by atoms with Gasteiger partial charge in [-0.15, -0.1) is 0 Å². The predicted octanol–water partition coefficient (Wildman–Crippen LogP) is 3.68. The van der Waals surface area contributed by atoms with Gasteiger partial charge in [-0.25, -0.2) is 0 Å². The number of Topliss-reactive ketones (excluding diaryl/α,β-unsaturated/α-hetero) is 1. The number of phenols is 1. The summed E-state index contributed by atoms with van der Waals surface area (Å²) in [5, 5.41) is 61.2. The molecule has 0 saturated heterocycles. The summed E-state index contributed by atoms with van der Waals surface area (Å²) in [6.45, 7) is 13.5. The van der Waals surface area contributed by atoms with Gasteiger partial charge in [0, 0.05) is 53.9 Å². The van der Waals surface area contributed by atoms with E-state index in [2.05, 4.69) is 5.32 Å². The van der Waals surface area contributed by atoms with Crippen molar-refractivity contribution in [3.8, 4) is 11.5 Å². The van der Waals surface area contributed by atoms with Crippen LogP contribution in [0.2, 0.25) is 0 Å². The average molecular weight is 812 g/mol. The third-order valence-electron chi connectivity index (χ3n) is 10.9. The molecule has 58 heavy (non-hydrogen) atoms. The van der Waals surface area contributed by atoms with Crippen LogP contribution in [-0.2, 0) is 38.1 Å². The lowest BCUT2D eigenvalue weighted by Gasteiger charge is -2.39. The maximum atomic E-state index is 14.0. The lowest BCUT2D eigenvalue weighted by molar-refractivity contribution is -0.171. The van der Waals surface area contributed by atoms with Crippen molar-refractivity contribution >= 4 is 40.9 Å². The van der Waals surface area contributed by atoms with Crippen LogP contribution in [0.5, 0.6) is 11.5 Å². The first-order chi connectivity index (χ1) is 27.0. The standard InChI is InChI=1S/C42H53NO15/c1-17-13-12-14-18(2)40(51)43-30-20(4)38(58-25(9)45)26-27(34(30)49)31(46)22(6)37-28(26)36(55-16-56-37)19(3)15-42(10,53)39(50)23(7)33(48)29(41(52)54-11)32(47)21(5)35(17)57-24(8)44/h12-15,17,21,23,29,32-33,35,39,47-50,53H,16H2,1-11H3,(H,43,51)/b13-12?,18-14+,19-15?. The van der Waals surface area contributed by atoms with Gasteiger partial charge in [-0.1, -0.05) is 39.0 Å². The highest BCUT2D eigenvalue weighted by atomic mass is 16.7. The summed E-state index contributed by atoms with van der Waals surface area (Å²) < 4.78 is 28.0. The van der Waals surface area contributed by atoms with Gasteiger partial charge >= 0.3 is 17.9 Å². The monoisotopic (exact) mass is 811 g/mol. The lowest BCUT2D eigenvalue weighted by atomic mass is 9.75. The van der Waals surface area contributed by atoms with Crippen molar-refractivity contribution < 1.29 is 73.2 Å². The molecule has 1 amide bonds. The number of carbonyl (C=O) groups excluding carboxylic acids is 5. The van der Waals surface area contributed by atoms with Crippen LogP contribution in [0.4, 0.5) is 5.69 Å². The van der Waals surface area contributed by atoms with Gasteiger partial charge in [-0.3, -0.25) is 24.0 Å². The third kappa shape index (κ3) is 8.74. The number of aromatic hydroxyl groups is 1. The fourth-order valence-corrected chi connectivity index (χ4v) is 7.67. The highest BCUT2D eigenvalue weighted by Crippen LogP contribution is 2.53. The van der Waals surface area contributed by atoms with E-state index in [1.807, 2.05) is 0 Å². The number of esters is 3. The van der Waals surface area contributed by atoms with E-state index >= 15 is 0 Å². The van der Waals surface area contributed by atoms with E-state index in [9.17, 15) is 49.5 Å². The minimum atomic E-state index is -2.20. The van der Waals surface area contributed by atoms with Crippen LogP contribution < -0.4 is 10.1 Å². The molecule has 0 aromatic heterocycles. The molecule has 6 N–H and O–H groups in total. The maximum absolute atomic E-state index is 14.0. The summed E-state index contributed by atoms with van der Waals surface area (Å²) in [7, 11) is 1.05. The third-order valence-corrected chi connectivity index (χ3v) is 10.9. The zero-order chi connectivity index (χ0) is 43.7. The quantitative estimate of drug-likeness (QED) is 0.145. The number of hydrogen-bond donors (Lipinski definition) is 6. The summed E-state index contributed by atoms with van der Waals surface area (Å²) in [6, 6.07) is 0. The highest BCUT2D eigenvalue weighted by molar-refractivity contribution is 6.21. The molecule has 1 aromatic rings. The molecule has 4 bridgehead atoms. The van der Waals surface area contributed by atoms with Gasteiger partial charge in [0.1, 0.15) is 34.9 Å². The molecule has 1 aromatic carbocycles. The first-order valence-electron chi connectivity index (χ1n) is 18.7. The molecule has 316 valence electrons. The molecule has 0 fully saturated rings. The Morgan fingerprint density at radius 3 is 2.09 bits per heavy atom. The number of allylic oxidation sites excluding steroid dienone is 5. The molecule has 3 aliphatic heterocycles. The minimum Gasteiger partial charge on any atom is -0.505 e. The number of anilines is 1. The zero-order valence-corrected chi connectivity index (χ0v) is 34.5. The molecule has 0 saturated carbocycles. The topological polar surface area (TPSA) is 245 Å². The van der Waals surface area contributed by atoms with E-state index < -0.39 is 95.8 Å². The van der Waals surface area contributed by atoms with Crippen LogP contribution in [0.3, 0.4) is 0 Å². The van der Waals surface area contributed by atoms with Crippen molar-refractivity contribution in [2.75, 3.05) is 19.2 Å². The second kappa shape index (κ2) is 17.7. The number of amides is 1. The second-order valence-corrected chi connectivity index (χ2v) is 15.3. The second-order valence-electron chi connectivity index (χ2n) is 15.3. The van der Waals surface area contributed by atoms with Crippen LogP contribution in [0, 0.1) is 30.6 Å².